The van der Waals surface area contributed by atoms with Crippen molar-refractivity contribution in [3.05, 3.63) is 54.2 Å². The lowest BCUT2D eigenvalue weighted by molar-refractivity contribution is 0.102. The smallest absolute Gasteiger partial charge is 0.257 e. The Balaban J connectivity index is 1.50. The van der Waals surface area contributed by atoms with Gasteiger partial charge in [0.25, 0.3) is 5.91 Å². The van der Waals surface area contributed by atoms with Crippen molar-refractivity contribution in [1.82, 2.24) is 24.7 Å². The number of hydrogen-bond donors (Lipinski definition) is 3. The van der Waals surface area contributed by atoms with Gasteiger partial charge in [-0.05, 0) is 26.0 Å². The van der Waals surface area contributed by atoms with E-state index in [2.05, 4.69) is 37.4 Å². The molecule has 1 atom stereocenters. The number of imidazole rings is 1. The molecular formula is C22H23N7O2. The molecule has 4 heterocycles. The first-order valence-corrected chi connectivity index (χ1v) is 10.2. The SMILES string of the molecule is Cc1cn2cc(NC(=O)c3ccc(N4CCNC(C)C4)c4nccnc34)cc(O)c2n1. The number of aromatic hydroxyl groups is 1. The molecule has 0 radical (unpaired) electrons. The van der Waals surface area contributed by atoms with Crippen LogP contribution in [0.25, 0.3) is 16.7 Å². The highest BCUT2D eigenvalue weighted by atomic mass is 16.3. The van der Waals surface area contributed by atoms with Crippen molar-refractivity contribution in [2.75, 3.05) is 29.9 Å². The van der Waals surface area contributed by atoms with Crippen molar-refractivity contribution in [1.29, 1.82) is 0 Å². The molecule has 3 aromatic heterocycles. The van der Waals surface area contributed by atoms with Gasteiger partial charge in [-0.1, -0.05) is 0 Å². The van der Waals surface area contributed by atoms with Gasteiger partial charge in [0.05, 0.1) is 22.6 Å². The van der Waals surface area contributed by atoms with Gasteiger partial charge >= 0.3 is 0 Å². The Morgan fingerprint density at radius 3 is 2.84 bits per heavy atom. The van der Waals surface area contributed by atoms with E-state index >= 15 is 0 Å². The van der Waals surface area contributed by atoms with E-state index in [9.17, 15) is 9.90 Å². The number of aryl methyl sites for hydroxylation is 1. The summed E-state index contributed by atoms with van der Waals surface area (Å²) < 4.78 is 1.69. The van der Waals surface area contributed by atoms with Gasteiger partial charge in [-0.25, -0.2) is 4.98 Å². The normalized spacial score (nSPS) is 16.7. The Labute approximate surface area is 178 Å². The monoisotopic (exact) mass is 417 g/mol. The molecule has 1 amide bonds. The second-order valence-corrected chi connectivity index (χ2v) is 7.87. The summed E-state index contributed by atoms with van der Waals surface area (Å²) in [5, 5.41) is 16.6. The largest absolute Gasteiger partial charge is 0.504 e. The Bertz CT molecular complexity index is 1300. The van der Waals surface area contributed by atoms with Gasteiger partial charge in [-0.15, -0.1) is 0 Å². The number of fused-ring (bicyclic) bond motifs is 2. The van der Waals surface area contributed by atoms with E-state index in [-0.39, 0.29) is 11.7 Å². The molecule has 1 unspecified atom stereocenters. The number of amides is 1. The molecule has 0 aliphatic carbocycles. The fourth-order valence-electron chi connectivity index (χ4n) is 4.10. The molecule has 0 spiro atoms. The number of nitrogens with zero attached hydrogens (tertiary/aromatic N) is 5. The van der Waals surface area contributed by atoms with Crippen LogP contribution in [0.4, 0.5) is 11.4 Å². The van der Waals surface area contributed by atoms with Gasteiger partial charge in [0.1, 0.15) is 11.0 Å². The number of rotatable bonds is 3. The lowest BCUT2D eigenvalue weighted by Crippen LogP contribution is -2.49. The van der Waals surface area contributed by atoms with Crippen LogP contribution in [0.1, 0.15) is 23.0 Å². The zero-order chi connectivity index (χ0) is 21.5. The average molecular weight is 417 g/mol. The van der Waals surface area contributed by atoms with E-state index in [4.69, 9.17) is 0 Å². The number of pyridine rings is 1. The van der Waals surface area contributed by atoms with Crippen molar-refractivity contribution in [3.8, 4) is 5.75 Å². The zero-order valence-electron chi connectivity index (χ0n) is 17.3. The topological polar surface area (TPSA) is 108 Å². The van der Waals surface area contributed by atoms with Crippen molar-refractivity contribution >= 4 is 34.0 Å². The molecule has 9 heteroatoms. The minimum absolute atomic E-state index is 0.00118. The van der Waals surface area contributed by atoms with Crippen LogP contribution in [0.15, 0.2) is 43.0 Å². The van der Waals surface area contributed by atoms with Crippen LogP contribution < -0.4 is 15.5 Å². The van der Waals surface area contributed by atoms with Crippen molar-refractivity contribution in [2.24, 2.45) is 0 Å². The van der Waals surface area contributed by atoms with Gasteiger partial charge in [0.2, 0.25) is 0 Å². The first kappa shape index (κ1) is 19.3. The predicted molar refractivity (Wildman–Crippen MR) is 119 cm³/mol. The number of carbonyl (C=O) groups is 1. The van der Waals surface area contributed by atoms with Crippen LogP contribution >= 0.6 is 0 Å². The summed E-state index contributed by atoms with van der Waals surface area (Å²) in [4.78, 5) is 28.6. The molecule has 0 bridgehead atoms. The second-order valence-electron chi connectivity index (χ2n) is 7.87. The third kappa shape index (κ3) is 3.53. The number of nitrogens with one attached hydrogen (secondary N) is 2. The molecule has 5 rings (SSSR count). The third-order valence-electron chi connectivity index (χ3n) is 5.47. The number of aromatic nitrogens is 4. The van der Waals surface area contributed by atoms with Crippen LogP contribution in [0.2, 0.25) is 0 Å². The standard InChI is InChI=1S/C22H23N7O2/c1-13-10-28(8-7-23-13)17-4-3-16(19-20(17)25-6-5-24-19)22(31)27-15-9-18(30)21-26-14(2)11-29(21)12-15/h3-6,9,11-13,23,30H,7-8,10H2,1-2H3,(H,27,31). The highest BCUT2D eigenvalue weighted by Gasteiger charge is 2.21. The van der Waals surface area contributed by atoms with E-state index in [0.717, 1.165) is 31.0 Å². The first-order valence-electron chi connectivity index (χ1n) is 10.2. The Hall–Kier alpha value is -3.72. The van der Waals surface area contributed by atoms with Crippen molar-refractivity contribution in [3.63, 3.8) is 0 Å². The van der Waals surface area contributed by atoms with E-state index in [1.165, 1.54) is 6.07 Å². The lowest BCUT2D eigenvalue weighted by atomic mass is 10.1. The fraction of sp³-hybridized carbons (Fsp3) is 0.273. The van der Waals surface area contributed by atoms with Crippen LogP contribution in [0, 0.1) is 6.92 Å². The van der Waals surface area contributed by atoms with Gasteiger partial charge in [-0.3, -0.25) is 14.8 Å². The number of carbonyl (C=O) groups excluding carboxylic acids is 1. The van der Waals surface area contributed by atoms with E-state index in [1.54, 1.807) is 35.3 Å². The lowest BCUT2D eigenvalue weighted by Gasteiger charge is -2.34. The minimum atomic E-state index is -0.318. The van der Waals surface area contributed by atoms with Gasteiger partial charge < -0.3 is 25.0 Å². The molecule has 1 fully saturated rings. The molecule has 0 saturated carbocycles. The zero-order valence-corrected chi connectivity index (χ0v) is 17.3. The van der Waals surface area contributed by atoms with Crippen LogP contribution in [-0.2, 0) is 0 Å². The van der Waals surface area contributed by atoms with Crippen LogP contribution in [-0.4, -0.2) is 56.0 Å². The average Bonchev–Trinajstić information content (AvgIpc) is 3.13. The molecule has 3 N–H and O–H groups in total. The molecule has 9 nitrogen and oxygen atoms in total. The van der Waals surface area contributed by atoms with E-state index < -0.39 is 0 Å². The fourth-order valence-corrected chi connectivity index (χ4v) is 4.10. The van der Waals surface area contributed by atoms with Gasteiger partial charge in [0, 0.05) is 56.5 Å². The minimum Gasteiger partial charge on any atom is -0.504 e. The first-order chi connectivity index (χ1) is 15.0. The molecule has 31 heavy (non-hydrogen) atoms. The molecule has 1 aliphatic rings. The number of benzene rings is 1. The highest BCUT2D eigenvalue weighted by Crippen LogP contribution is 2.29. The van der Waals surface area contributed by atoms with Crippen molar-refractivity contribution in [2.45, 2.75) is 19.9 Å². The van der Waals surface area contributed by atoms with Crippen molar-refractivity contribution < 1.29 is 9.90 Å². The van der Waals surface area contributed by atoms with Gasteiger partial charge in [-0.2, -0.15) is 0 Å². The van der Waals surface area contributed by atoms with Crippen LogP contribution in [0.3, 0.4) is 0 Å². The Kier molecular flexibility index (Phi) is 4.67. The molecule has 158 valence electrons. The summed E-state index contributed by atoms with van der Waals surface area (Å²) in [7, 11) is 0. The Morgan fingerprint density at radius 2 is 2.03 bits per heavy atom. The summed E-state index contributed by atoms with van der Waals surface area (Å²) in [6, 6.07) is 5.58. The summed E-state index contributed by atoms with van der Waals surface area (Å²) in [6.45, 7) is 6.61. The molecule has 1 saturated heterocycles. The summed E-state index contributed by atoms with van der Waals surface area (Å²) in [5.74, 6) is -0.319. The maximum absolute atomic E-state index is 13.1. The highest BCUT2D eigenvalue weighted by molar-refractivity contribution is 6.13. The third-order valence-corrected chi connectivity index (χ3v) is 5.47. The molecule has 1 aromatic carbocycles. The maximum atomic E-state index is 13.1. The predicted octanol–water partition coefficient (Wildman–Crippen LogP) is 2.34. The molecule has 1 aliphatic heterocycles. The van der Waals surface area contributed by atoms with Crippen LogP contribution in [0.5, 0.6) is 5.75 Å². The number of anilines is 2. The number of piperazine rings is 1. The van der Waals surface area contributed by atoms with Gasteiger partial charge in [0.15, 0.2) is 11.4 Å². The van der Waals surface area contributed by atoms with E-state index in [0.29, 0.717) is 34.0 Å². The quantitative estimate of drug-likeness (QED) is 0.470. The van der Waals surface area contributed by atoms with E-state index in [1.807, 2.05) is 13.0 Å². The maximum Gasteiger partial charge on any atom is 0.257 e. The molecular weight excluding hydrogens is 394 g/mol. The Morgan fingerprint density at radius 1 is 1.23 bits per heavy atom. The summed E-state index contributed by atoms with van der Waals surface area (Å²) in [6.07, 6.45) is 6.74. The summed E-state index contributed by atoms with van der Waals surface area (Å²) >= 11 is 0. The molecule has 4 aromatic rings. The second kappa shape index (κ2) is 7.51. The summed E-state index contributed by atoms with van der Waals surface area (Å²) in [5.41, 5.74) is 4.33. The number of hydrogen-bond acceptors (Lipinski definition) is 7.